The zero-order valence-electron chi connectivity index (χ0n) is 17.8. The van der Waals surface area contributed by atoms with Crippen molar-refractivity contribution in [2.24, 2.45) is 0 Å². The smallest absolute Gasteiger partial charge is 0.413 e. The maximum absolute atomic E-state index is 14.9. The van der Waals surface area contributed by atoms with Gasteiger partial charge in [-0.25, -0.2) is 18.6 Å². The van der Waals surface area contributed by atoms with E-state index in [1.165, 1.54) is 31.3 Å². The number of benzene rings is 3. The molecule has 2 heterocycles. The van der Waals surface area contributed by atoms with Crippen LogP contribution in [0, 0.1) is 11.6 Å². The lowest BCUT2D eigenvalue weighted by Crippen LogP contribution is -2.45. The summed E-state index contributed by atoms with van der Waals surface area (Å²) >= 11 is 5.87. The molecular weight excluding hydrogens is 505 g/mol. The van der Waals surface area contributed by atoms with E-state index in [-0.39, 0.29) is 35.0 Å². The number of carbonyl (C=O) groups is 2. The Morgan fingerprint density at radius 2 is 1.86 bits per heavy atom. The van der Waals surface area contributed by atoms with E-state index in [1.807, 2.05) is 0 Å². The lowest BCUT2D eigenvalue weighted by Gasteiger charge is -2.35. The molecule has 3 aromatic carbocycles. The van der Waals surface area contributed by atoms with E-state index in [0.717, 1.165) is 15.9 Å². The summed E-state index contributed by atoms with van der Waals surface area (Å²) in [5.74, 6) is -2.77. The van der Waals surface area contributed by atoms with Crippen molar-refractivity contribution in [1.82, 2.24) is 9.97 Å². The summed E-state index contributed by atoms with van der Waals surface area (Å²) in [5, 5.41) is 20.8. The summed E-state index contributed by atoms with van der Waals surface area (Å²) < 4.78 is 28.7. The van der Waals surface area contributed by atoms with Crippen LogP contribution in [-0.2, 0) is 5.72 Å². The fourth-order valence-corrected chi connectivity index (χ4v) is 4.23. The molecule has 1 aliphatic rings. The summed E-state index contributed by atoms with van der Waals surface area (Å²) in [6, 6.07) is 12.2. The number of nitrogens with zero attached hydrogens (tertiary/aromatic N) is 3. The van der Waals surface area contributed by atoms with E-state index >= 15 is 0 Å². The first-order chi connectivity index (χ1) is 16.1. The maximum atomic E-state index is 14.9. The third-order valence-corrected chi connectivity index (χ3v) is 6.06. The second kappa shape index (κ2) is 8.49. The van der Waals surface area contributed by atoms with E-state index in [1.54, 1.807) is 18.2 Å². The zero-order chi connectivity index (χ0) is 24.4. The molecule has 2 amide bonds. The van der Waals surface area contributed by atoms with Crippen LogP contribution in [0.1, 0.15) is 21.5 Å². The lowest BCUT2D eigenvalue weighted by atomic mass is 9.93. The molecule has 1 aromatic heterocycles. The van der Waals surface area contributed by atoms with Crippen molar-refractivity contribution in [3.8, 4) is 0 Å². The van der Waals surface area contributed by atoms with Gasteiger partial charge in [-0.15, -0.1) is 12.4 Å². The molecule has 35 heavy (non-hydrogen) atoms. The minimum absolute atomic E-state index is 0. The first kappa shape index (κ1) is 24.4. The van der Waals surface area contributed by atoms with Gasteiger partial charge in [0.05, 0.1) is 21.7 Å². The van der Waals surface area contributed by atoms with Crippen molar-refractivity contribution < 1.29 is 28.6 Å². The van der Waals surface area contributed by atoms with Gasteiger partial charge in [0.25, 0.3) is 5.91 Å². The van der Waals surface area contributed by atoms with Gasteiger partial charge in [-0.1, -0.05) is 35.9 Å². The molecule has 0 aliphatic carbocycles. The first-order valence-corrected chi connectivity index (χ1v) is 10.3. The third-order valence-electron chi connectivity index (χ3n) is 5.77. The van der Waals surface area contributed by atoms with Crippen molar-refractivity contribution >= 4 is 58.7 Å². The number of imidazole rings is 1. The Bertz CT molecular complexity index is 1510. The number of aromatic amines is 1. The van der Waals surface area contributed by atoms with Crippen molar-refractivity contribution in [1.29, 1.82) is 0 Å². The third kappa shape index (κ3) is 3.57. The van der Waals surface area contributed by atoms with Gasteiger partial charge in [0.15, 0.2) is 5.72 Å². The molecule has 1 unspecified atom stereocenters. The normalized spacial score (nSPS) is 16.8. The molecule has 0 saturated heterocycles. The Kier molecular flexibility index (Phi) is 5.92. The number of halogens is 4. The molecule has 0 fully saturated rings. The number of carboxylic acid groups (broad SMARTS) is 1. The molecule has 0 saturated carbocycles. The van der Waals surface area contributed by atoms with Crippen LogP contribution in [0.25, 0.3) is 11.0 Å². The van der Waals surface area contributed by atoms with Crippen LogP contribution in [0.3, 0.4) is 0 Å². The van der Waals surface area contributed by atoms with Gasteiger partial charge in [-0.3, -0.25) is 14.6 Å². The standard InChI is InChI=1S/C23H15ClF2N4O4.ClH/c1-29(22(32)33)21-27-17-7-6-11(8-18(17)28-21)23(34)13-5-3-2-4-12(13)20(31)30(23)19-9-14(24)15(25)10-16(19)26;/h2-10,34H,1H3,(H,27,28)(H,32,33);1H. The Morgan fingerprint density at radius 1 is 1.14 bits per heavy atom. The Hall–Kier alpha value is -3.73. The van der Waals surface area contributed by atoms with Gasteiger partial charge in [-0.05, 0) is 24.3 Å². The van der Waals surface area contributed by atoms with Gasteiger partial charge in [0.1, 0.15) is 11.6 Å². The van der Waals surface area contributed by atoms with Gasteiger partial charge in [0.2, 0.25) is 5.95 Å². The van der Waals surface area contributed by atoms with Crippen LogP contribution < -0.4 is 9.80 Å². The lowest BCUT2D eigenvalue weighted by molar-refractivity contribution is 0.0699. The largest absolute Gasteiger partial charge is 0.465 e. The summed E-state index contributed by atoms with van der Waals surface area (Å²) in [6.07, 6.45) is -1.23. The number of aliphatic hydroxyl groups is 1. The second-order valence-corrected chi connectivity index (χ2v) is 8.12. The number of amides is 2. The van der Waals surface area contributed by atoms with Crippen LogP contribution in [0.2, 0.25) is 5.02 Å². The SMILES string of the molecule is CN(C(=O)O)c1nc2cc(C3(O)c4ccccc4C(=O)N3c3cc(Cl)c(F)cc3F)ccc2[nH]1.Cl. The topological polar surface area (TPSA) is 110 Å². The van der Waals surface area contributed by atoms with Crippen molar-refractivity contribution in [2.75, 3.05) is 16.8 Å². The molecule has 1 atom stereocenters. The minimum Gasteiger partial charge on any atom is -0.465 e. The maximum Gasteiger partial charge on any atom is 0.413 e. The second-order valence-electron chi connectivity index (χ2n) is 7.71. The average molecular weight is 521 g/mol. The molecule has 5 rings (SSSR count). The van der Waals surface area contributed by atoms with E-state index in [2.05, 4.69) is 9.97 Å². The Balaban J connectivity index is 0.00000289. The number of aromatic nitrogens is 2. The highest BCUT2D eigenvalue weighted by atomic mass is 35.5. The van der Waals surface area contributed by atoms with Crippen LogP contribution in [0.5, 0.6) is 0 Å². The molecular formula is C23H16Cl2F2N4O4. The van der Waals surface area contributed by atoms with E-state index in [0.29, 0.717) is 17.1 Å². The molecule has 1 aliphatic heterocycles. The molecule has 180 valence electrons. The first-order valence-electron chi connectivity index (χ1n) is 9.90. The van der Waals surface area contributed by atoms with Gasteiger partial charge < -0.3 is 15.2 Å². The van der Waals surface area contributed by atoms with E-state index in [4.69, 9.17) is 11.6 Å². The van der Waals surface area contributed by atoms with Crippen molar-refractivity contribution in [2.45, 2.75) is 5.72 Å². The highest BCUT2D eigenvalue weighted by Gasteiger charge is 2.51. The Morgan fingerprint density at radius 3 is 2.57 bits per heavy atom. The van der Waals surface area contributed by atoms with Gasteiger partial charge >= 0.3 is 6.09 Å². The van der Waals surface area contributed by atoms with Gasteiger partial charge in [0, 0.05) is 29.8 Å². The molecule has 0 radical (unpaired) electrons. The van der Waals surface area contributed by atoms with Crippen molar-refractivity contribution in [3.05, 3.63) is 87.9 Å². The van der Waals surface area contributed by atoms with Crippen LogP contribution in [0.15, 0.2) is 54.6 Å². The number of H-pyrrole nitrogens is 1. The predicted octanol–water partition coefficient (Wildman–Crippen LogP) is 4.88. The molecule has 12 heteroatoms. The molecule has 3 N–H and O–H groups in total. The summed E-state index contributed by atoms with van der Waals surface area (Å²) in [4.78, 5) is 33.4. The average Bonchev–Trinajstić information content (AvgIpc) is 3.33. The Labute approximate surface area is 207 Å². The summed E-state index contributed by atoms with van der Waals surface area (Å²) in [5.41, 5.74) is -1.39. The van der Waals surface area contributed by atoms with Gasteiger partial charge in [-0.2, -0.15) is 0 Å². The monoisotopic (exact) mass is 520 g/mol. The quantitative estimate of drug-likeness (QED) is 0.333. The summed E-state index contributed by atoms with van der Waals surface area (Å²) in [7, 11) is 1.31. The van der Waals surface area contributed by atoms with E-state index in [9.17, 15) is 28.6 Å². The fraction of sp³-hybridized carbons (Fsp3) is 0.0870. The van der Waals surface area contributed by atoms with E-state index < -0.39 is 40.1 Å². The minimum atomic E-state index is -2.19. The number of hydrogen-bond acceptors (Lipinski definition) is 4. The zero-order valence-corrected chi connectivity index (χ0v) is 19.4. The predicted molar refractivity (Wildman–Crippen MR) is 127 cm³/mol. The molecule has 0 bridgehead atoms. The molecule has 4 aromatic rings. The molecule has 8 nitrogen and oxygen atoms in total. The van der Waals surface area contributed by atoms with Crippen LogP contribution >= 0.6 is 24.0 Å². The molecule has 0 spiro atoms. The van der Waals surface area contributed by atoms with Crippen LogP contribution in [-0.4, -0.2) is 39.2 Å². The number of nitrogens with one attached hydrogen (secondary N) is 1. The number of carbonyl (C=O) groups excluding carboxylic acids is 1. The number of rotatable bonds is 3. The summed E-state index contributed by atoms with van der Waals surface area (Å²) in [6.45, 7) is 0. The highest BCUT2D eigenvalue weighted by molar-refractivity contribution is 6.31. The van der Waals surface area contributed by atoms with Crippen LogP contribution in [0.4, 0.5) is 25.2 Å². The number of anilines is 2. The fourth-order valence-electron chi connectivity index (χ4n) is 4.07. The number of hydrogen-bond donors (Lipinski definition) is 3. The number of fused-ring (bicyclic) bond motifs is 2. The highest BCUT2D eigenvalue weighted by Crippen LogP contribution is 2.46. The van der Waals surface area contributed by atoms with Crippen molar-refractivity contribution in [3.63, 3.8) is 0 Å².